The number of hydrogen-bond donors (Lipinski definition) is 2. The molecule has 2 unspecified atom stereocenters. The molecular formula is C13H25ClN2O. The highest BCUT2D eigenvalue weighted by Crippen LogP contribution is 2.51. The number of carbonyl (C=O) groups excluding carboxylic acids is 1. The van der Waals surface area contributed by atoms with Gasteiger partial charge in [0.2, 0.25) is 5.91 Å². The summed E-state index contributed by atoms with van der Waals surface area (Å²) in [4.78, 5) is 11.9. The summed E-state index contributed by atoms with van der Waals surface area (Å²) in [6.07, 6.45) is 5.40. The van der Waals surface area contributed by atoms with Gasteiger partial charge in [-0.1, -0.05) is 13.8 Å². The van der Waals surface area contributed by atoms with Gasteiger partial charge in [0, 0.05) is 18.5 Å². The zero-order chi connectivity index (χ0) is 11.8. The Kier molecular flexibility index (Phi) is 4.85. The zero-order valence-corrected chi connectivity index (χ0v) is 11.7. The van der Waals surface area contributed by atoms with E-state index in [4.69, 9.17) is 5.73 Å². The molecule has 0 radical (unpaired) electrons. The summed E-state index contributed by atoms with van der Waals surface area (Å²) in [7, 11) is 0. The number of nitrogens with one attached hydrogen (secondary N) is 1. The lowest BCUT2D eigenvalue weighted by Crippen LogP contribution is -2.36. The lowest BCUT2D eigenvalue weighted by Gasteiger charge is -2.21. The van der Waals surface area contributed by atoms with Gasteiger partial charge in [0.15, 0.2) is 0 Å². The zero-order valence-electron chi connectivity index (χ0n) is 10.9. The Bertz CT molecular complexity index is 277. The summed E-state index contributed by atoms with van der Waals surface area (Å²) in [6, 6.07) is 0.246. The van der Waals surface area contributed by atoms with Gasteiger partial charge in [-0.15, -0.1) is 12.4 Å². The van der Waals surface area contributed by atoms with Crippen LogP contribution in [0.4, 0.5) is 0 Å². The maximum absolute atomic E-state index is 11.9. The van der Waals surface area contributed by atoms with E-state index in [0.29, 0.717) is 11.3 Å². The molecule has 0 heterocycles. The average Bonchev–Trinajstić information content (AvgIpc) is 2.92. The van der Waals surface area contributed by atoms with Crippen molar-refractivity contribution in [3.05, 3.63) is 0 Å². The van der Waals surface area contributed by atoms with Crippen molar-refractivity contribution in [1.82, 2.24) is 5.32 Å². The first-order chi connectivity index (χ1) is 7.53. The molecule has 1 amide bonds. The maximum atomic E-state index is 11.9. The number of amides is 1. The molecule has 3 N–H and O–H groups in total. The smallest absolute Gasteiger partial charge is 0.223 e. The predicted octanol–water partition coefficient (Wildman–Crippen LogP) is 2.09. The van der Waals surface area contributed by atoms with E-state index in [-0.39, 0.29) is 30.3 Å². The highest BCUT2D eigenvalue weighted by molar-refractivity contribution is 5.85. The van der Waals surface area contributed by atoms with Crippen LogP contribution < -0.4 is 11.1 Å². The Morgan fingerprint density at radius 3 is 2.47 bits per heavy atom. The number of hydrogen-bond acceptors (Lipinski definition) is 2. The molecule has 0 aromatic heterocycles. The summed E-state index contributed by atoms with van der Waals surface area (Å²) in [5, 5.41) is 3.13. The number of rotatable bonds is 4. The molecule has 0 aliphatic heterocycles. The van der Waals surface area contributed by atoms with Gasteiger partial charge < -0.3 is 11.1 Å². The van der Waals surface area contributed by atoms with Crippen molar-refractivity contribution in [2.24, 2.45) is 23.0 Å². The van der Waals surface area contributed by atoms with Crippen molar-refractivity contribution < 1.29 is 4.79 Å². The van der Waals surface area contributed by atoms with Gasteiger partial charge in [-0.3, -0.25) is 4.79 Å². The summed E-state index contributed by atoms with van der Waals surface area (Å²) in [6.45, 7) is 5.38. The van der Waals surface area contributed by atoms with Crippen LogP contribution >= 0.6 is 12.4 Å². The molecular weight excluding hydrogens is 236 g/mol. The third-order valence-corrected chi connectivity index (χ3v) is 4.58. The average molecular weight is 261 g/mol. The molecule has 4 heteroatoms. The van der Waals surface area contributed by atoms with E-state index in [1.807, 2.05) is 0 Å². The third-order valence-electron chi connectivity index (χ3n) is 4.58. The van der Waals surface area contributed by atoms with Crippen LogP contribution in [-0.4, -0.2) is 18.5 Å². The predicted molar refractivity (Wildman–Crippen MR) is 72.1 cm³/mol. The SMILES string of the molecule is CC(C)C1(CNC(=O)C2CCC(N)C2)CC1.Cl. The topological polar surface area (TPSA) is 55.1 Å². The summed E-state index contributed by atoms with van der Waals surface area (Å²) < 4.78 is 0. The Morgan fingerprint density at radius 1 is 1.41 bits per heavy atom. The van der Waals surface area contributed by atoms with E-state index in [2.05, 4.69) is 19.2 Å². The van der Waals surface area contributed by atoms with Crippen molar-refractivity contribution >= 4 is 18.3 Å². The molecule has 0 aromatic carbocycles. The normalized spacial score (nSPS) is 29.9. The van der Waals surface area contributed by atoms with E-state index in [1.165, 1.54) is 12.8 Å². The minimum atomic E-state index is 0. The molecule has 2 fully saturated rings. The molecule has 0 saturated heterocycles. The maximum Gasteiger partial charge on any atom is 0.223 e. The molecule has 3 nitrogen and oxygen atoms in total. The molecule has 0 bridgehead atoms. The quantitative estimate of drug-likeness (QED) is 0.813. The van der Waals surface area contributed by atoms with E-state index in [0.717, 1.165) is 25.8 Å². The van der Waals surface area contributed by atoms with Crippen LogP contribution in [0.3, 0.4) is 0 Å². The van der Waals surface area contributed by atoms with Crippen molar-refractivity contribution in [3.63, 3.8) is 0 Å². The third kappa shape index (κ3) is 3.35. The molecule has 0 aromatic rings. The monoisotopic (exact) mass is 260 g/mol. The van der Waals surface area contributed by atoms with E-state index in [1.54, 1.807) is 0 Å². The fraction of sp³-hybridized carbons (Fsp3) is 0.923. The van der Waals surface area contributed by atoms with E-state index in [9.17, 15) is 4.79 Å². The Hall–Kier alpha value is -0.280. The van der Waals surface area contributed by atoms with E-state index < -0.39 is 0 Å². The van der Waals surface area contributed by atoms with Crippen molar-refractivity contribution in [2.75, 3.05) is 6.54 Å². The van der Waals surface area contributed by atoms with Crippen LogP contribution in [0.5, 0.6) is 0 Å². The first kappa shape index (κ1) is 14.8. The van der Waals surface area contributed by atoms with Gasteiger partial charge in [-0.2, -0.15) is 0 Å². The van der Waals surface area contributed by atoms with Gasteiger partial charge in [0.05, 0.1) is 0 Å². The van der Waals surface area contributed by atoms with Gasteiger partial charge >= 0.3 is 0 Å². The fourth-order valence-corrected chi connectivity index (χ4v) is 2.78. The van der Waals surface area contributed by atoms with Crippen LogP contribution in [0, 0.1) is 17.3 Å². The van der Waals surface area contributed by atoms with Gasteiger partial charge in [0.1, 0.15) is 0 Å². The summed E-state index contributed by atoms with van der Waals surface area (Å²) in [5.74, 6) is 1.09. The van der Waals surface area contributed by atoms with Crippen molar-refractivity contribution in [1.29, 1.82) is 0 Å². The van der Waals surface area contributed by atoms with Gasteiger partial charge in [0.25, 0.3) is 0 Å². The molecule has 2 saturated carbocycles. The molecule has 0 spiro atoms. The highest BCUT2D eigenvalue weighted by atomic mass is 35.5. The van der Waals surface area contributed by atoms with Crippen LogP contribution in [0.1, 0.15) is 46.0 Å². The lowest BCUT2D eigenvalue weighted by atomic mass is 9.92. The lowest BCUT2D eigenvalue weighted by molar-refractivity contribution is -0.125. The molecule has 2 rings (SSSR count). The largest absolute Gasteiger partial charge is 0.355 e. The van der Waals surface area contributed by atoms with Crippen LogP contribution in [0.2, 0.25) is 0 Å². The van der Waals surface area contributed by atoms with Crippen LogP contribution in [-0.2, 0) is 4.79 Å². The minimum Gasteiger partial charge on any atom is -0.355 e. The molecule has 2 atom stereocenters. The van der Waals surface area contributed by atoms with Gasteiger partial charge in [-0.05, 0) is 43.4 Å². The summed E-state index contributed by atoms with van der Waals surface area (Å²) in [5.41, 5.74) is 6.24. The highest BCUT2D eigenvalue weighted by Gasteiger charge is 2.45. The van der Waals surface area contributed by atoms with Crippen LogP contribution in [0.25, 0.3) is 0 Å². The number of halogens is 1. The number of nitrogens with two attached hydrogens (primary N) is 1. The van der Waals surface area contributed by atoms with Crippen molar-refractivity contribution in [2.45, 2.75) is 52.0 Å². The Morgan fingerprint density at radius 2 is 2.06 bits per heavy atom. The number of carbonyl (C=O) groups is 1. The first-order valence-electron chi connectivity index (χ1n) is 6.57. The second-order valence-electron chi connectivity index (χ2n) is 6.00. The minimum absolute atomic E-state index is 0. The first-order valence-corrected chi connectivity index (χ1v) is 6.57. The fourth-order valence-electron chi connectivity index (χ4n) is 2.78. The molecule has 17 heavy (non-hydrogen) atoms. The second-order valence-corrected chi connectivity index (χ2v) is 6.00. The summed E-state index contributed by atoms with van der Waals surface area (Å²) >= 11 is 0. The Balaban J connectivity index is 0.00000144. The van der Waals surface area contributed by atoms with Crippen LogP contribution in [0.15, 0.2) is 0 Å². The Labute approximate surface area is 110 Å². The second kappa shape index (κ2) is 5.57. The molecule has 2 aliphatic carbocycles. The van der Waals surface area contributed by atoms with Gasteiger partial charge in [-0.25, -0.2) is 0 Å². The molecule has 2 aliphatic rings. The van der Waals surface area contributed by atoms with E-state index >= 15 is 0 Å². The standard InChI is InChI=1S/C13H24N2O.ClH/c1-9(2)13(5-6-13)8-15-12(16)10-3-4-11(14)7-10;/h9-11H,3-8,14H2,1-2H3,(H,15,16);1H. The molecule has 100 valence electrons. The van der Waals surface area contributed by atoms with Crippen molar-refractivity contribution in [3.8, 4) is 0 Å².